The second kappa shape index (κ2) is 6.50. The van der Waals surface area contributed by atoms with Crippen LogP contribution in [0.4, 0.5) is 4.79 Å². The first-order valence-corrected chi connectivity index (χ1v) is 7.88. The van der Waals surface area contributed by atoms with E-state index in [4.69, 9.17) is 5.73 Å². The lowest BCUT2D eigenvalue weighted by atomic mass is 10.4. The summed E-state index contributed by atoms with van der Waals surface area (Å²) in [5, 5.41) is 2.29. The molecule has 1 aromatic carbocycles. The quantitative estimate of drug-likeness (QED) is 0.646. The molecule has 0 fully saturated rings. The Labute approximate surface area is 122 Å². The van der Waals surface area contributed by atoms with Crippen LogP contribution >= 0.6 is 31.9 Å². The predicted octanol–water partition coefficient (Wildman–Crippen LogP) is 1.16. The van der Waals surface area contributed by atoms with Gasteiger partial charge in [0.25, 0.3) is 0 Å². The van der Waals surface area contributed by atoms with Gasteiger partial charge in [-0.1, -0.05) is 15.9 Å². The second-order valence-electron chi connectivity index (χ2n) is 3.26. The van der Waals surface area contributed by atoms with E-state index in [9.17, 15) is 13.2 Å². The molecule has 2 amide bonds. The molecule has 6 nitrogen and oxygen atoms in total. The van der Waals surface area contributed by atoms with Gasteiger partial charge in [0.1, 0.15) is 0 Å². The summed E-state index contributed by atoms with van der Waals surface area (Å²) >= 11 is 6.41. The van der Waals surface area contributed by atoms with Crippen molar-refractivity contribution in [1.82, 2.24) is 10.0 Å². The Bertz CT molecular complexity index is 548. The summed E-state index contributed by atoms with van der Waals surface area (Å²) in [4.78, 5) is 10.5. The molecule has 0 aliphatic heterocycles. The number of halogens is 2. The largest absolute Gasteiger partial charge is 0.352 e. The van der Waals surface area contributed by atoms with Crippen molar-refractivity contribution in [1.29, 1.82) is 0 Å². The highest BCUT2D eigenvalue weighted by Gasteiger charge is 2.16. The average molecular weight is 401 g/mol. The Hall–Kier alpha value is -0.640. The standard InChI is InChI=1S/C9H11Br2N3O3S/c10-6-1-2-8(7(11)5-6)18(16,17)14-4-3-13-9(12)15/h1-2,5,14H,3-4H2,(H3,12,13,15). The molecule has 4 N–H and O–H groups in total. The van der Waals surface area contributed by atoms with Crippen LogP contribution in [-0.4, -0.2) is 27.5 Å². The molecule has 9 heteroatoms. The highest BCUT2D eigenvalue weighted by atomic mass is 79.9. The molecule has 0 aromatic heterocycles. The van der Waals surface area contributed by atoms with Crippen LogP contribution in [-0.2, 0) is 10.0 Å². The third-order valence-electron chi connectivity index (χ3n) is 1.90. The molecule has 1 rings (SSSR count). The van der Waals surface area contributed by atoms with E-state index in [0.717, 1.165) is 4.47 Å². The van der Waals surface area contributed by atoms with Crippen molar-refractivity contribution in [2.24, 2.45) is 5.73 Å². The number of hydrogen-bond donors (Lipinski definition) is 3. The second-order valence-corrected chi connectivity index (χ2v) is 6.77. The molecule has 0 aliphatic rings. The first-order chi connectivity index (χ1) is 8.33. The van der Waals surface area contributed by atoms with Gasteiger partial charge >= 0.3 is 6.03 Å². The number of urea groups is 1. The fraction of sp³-hybridized carbons (Fsp3) is 0.222. The highest BCUT2D eigenvalue weighted by molar-refractivity contribution is 9.11. The number of nitrogens with one attached hydrogen (secondary N) is 2. The molecule has 100 valence electrons. The minimum atomic E-state index is -3.62. The van der Waals surface area contributed by atoms with Crippen LogP contribution in [0.5, 0.6) is 0 Å². The highest BCUT2D eigenvalue weighted by Crippen LogP contribution is 2.25. The van der Waals surface area contributed by atoms with Gasteiger partial charge in [-0.2, -0.15) is 0 Å². The van der Waals surface area contributed by atoms with Crippen LogP contribution in [0, 0.1) is 0 Å². The van der Waals surface area contributed by atoms with Gasteiger partial charge in [-0.05, 0) is 34.1 Å². The van der Waals surface area contributed by atoms with E-state index in [1.807, 2.05) is 0 Å². The fourth-order valence-electron chi connectivity index (χ4n) is 1.14. The number of nitrogens with two attached hydrogens (primary N) is 1. The molecule has 0 aliphatic carbocycles. The van der Waals surface area contributed by atoms with Crippen molar-refractivity contribution in [2.45, 2.75) is 4.90 Å². The average Bonchev–Trinajstić information content (AvgIpc) is 2.23. The number of primary amides is 1. The van der Waals surface area contributed by atoms with E-state index in [0.29, 0.717) is 4.47 Å². The van der Waals surface area contributed by atoms with Crippen LogP contribution < -0.4 is 15.8 Å². The topological polar surface area (TPSA) is 101 Å². The summed E-state index contributed by atoms with van der Waals surface area (Å²) in [6, 6.07) is 4.04. The summed E-state index contributed by atoms with van der Waals surface area (Å²) in [6.07, 6.45) is 0. The van der Waals surface area contributed by atoms with Crippen molar-refractivity contribution in [2.75, 3.05) is 13.1 Å². The van der Waals surface area contributed by atoms with E-state index >= 15 is 0 Å². The van der Waals surface area contributed by atoms with Gasteiger partial charge in [-0.25, -0.2) is 17.9 Å². The molecule has 0 radical (unpaired) electrons. The number of carbonyl (C=O) groups is 1. The summed E-state index contributed by atoms with van der Waals surface area (Å²) in [5.41, 5.74) is 4.85. The maximum atomic E-state index is 11.9. The number of carbonyl (C=O) groups excluding carboxylic acids is 1. The Kier molecular flexibility index (Phi) is 5.57. The Morgan fingerprint density at radius 3 is 2.50 bits per heavy atom. The molecule has 1 aromatic rings. The minimum absolute atomic E-state index is 0.0633. The number of benzene rings is 1. The van der Waals surface area contributed by atoms with Crippen molar-refractivity contribution >= 4 is 47.9 Å². The zero-order chi connectivity index (χ0) is 13.8. The molecule has 0 saturated heterocycles. The van der Waals surface area contributed by atoms with Crippen LogP contribution in [0.2, 0.25) is 0 Å². The molecule has 0 heterocycles. The maximum absolute atomic E-state index is 11.9. The lowest BCUT2D eigenvalue weighted by molar-refractivity contribution is 0.249. The van der Waals surface area contributed by atoms with Gasteiger partial charge in [0.05, 0.1) is 4.90 Å². The normalized spacial score (nSPS) is 11.2. The lowest BCUT2D eigenvalue weighted by Crippen LogP contribution is -2.37. The van der Waals surface area contributed by atoms with Crippen molar-refractivity contribution in [3.05, 3.63) is 27.1 Å². The minimum Gasteiger partial charge on any atom is -0.352 e. The molecule has 0 spiro atoms. The Morgan fingerprint density at radius 2 is 1.94 bits per heavy atom. The number of rotatable bonds is 5. The van der Waals surface area contributed by atoms with E-state index in [1.54, 1.807) is 12.1 Å². The summed E-state index contributed by atoms with van der Waals surface area (Å²) in [6.45, 7) is 0.191. The predicted molar refractivity (Wildman–Crippen MR) is 74.6 cm³/mol. The molecule has 0 saturated carbocycles. The Balaban J connectivity index is 2.71. The van der Waals surface area contributed by atoms with E-state index in [1.165, 1.54) is 6.07 Å². The SMILES string of the molecule is NC(=O)NCCNS(=O)(=O)c1ccc(Br)cc1Br. The van der Waals surface area contributed by atoms with Crippen molar-refractivity contribution < 1.29 is 13.2 Å². The summed E-state index contributed by atoms with van der Waals surface area (Å²) in [7, 11) is -3.62. The van der Waals surface area contributed by atoms with Crippen LogP contribution in [0.1, 0.15) is 0 Å². The Morgan fingerprint density at radius 1 is 1.28 bits per heavy atom. The van der Waals surface area contributed by atoms with Crippen LogP contribution in [0.3, 0.4) is 0 Å². The molecule has 0 atom stereocenters. The number of hydrogen-bond acceptors (Lipinski definition) is 3. The monoisotopic (exact) mass is 399 g/mol. The van der Waals surface area contributed by atoms with Gasteiger partial charge in [-0.3, -0.25) is 0 Å². The first kappa shape index (κ1) is 15.4. The van der Waals surface area contributed by atoms with Gasteiger partial charge in [0.2, 0.25) is 10.0 Å². The third kappa shape index (κ3) is 4.56. The zero-order valence-electron chi connectivity index (χ0n) is 9.11. The number of amides is 2. The number of sulfonamides is 1. The van der Waals surface area contributed by atoms with Gasteiger partial charge in [0.15, 0.2) is 0 Å². The maximum Gasteiger partial charge on any atom is 0.312 e. The van der Waals surface area contributed by atoms with Crippen LogP contribution in [0.15, 0.2) is 32.0 Å². The molecular formula is C9H11Br2N3O3S. The molecule has 0 unspecified atom stereocenters. The molecule has 0 bridgehead atoms. The fourth-order valence-corrected chi connectivity index (χ4v) is 3.92. The first-order valence-electron chi connectivity index (χ1n) is 4.81. The molecular weight excluding hydrogens is 390 g/mol. The smallest absolute Gasteiger partial charge is 0.312 e. The lowest BCUT2D eigenvalue weighted by Gasteiger charge is -2.08. The zero-order valence-corrected chi connectivity index (χ0v) is 13.1. The van der Waals surface area contributed by atoms with Gasteiger partial charge < -0.3 is 11.1 Å². The summed E-state index contributed by atoms with van der Waals surface area (Å²) < 4.78 is 27.4. The van der Waals surface area contributed by atoms with E-state index in [-0.39, 0.29) is 18.0 Å². The van der Waals surface area contributed by atoms with E-state index < -0.39 is 16.1 Å². The van der Waals surface area contributed by atoms with Crippen LogP contribution in [0.25, 0.3) is 0 Å². The molecule has 18 heavy (non-hydrogen) atoms. The van der Waals surface area contributed by atoms with Gasteiger partial charge in [-0.15, -0.1) is 0 Å². The summed E-state index contributed by atoms with van der Waals surface area (Å²) in [5.74, 6) is 0. The van der Waals surface area contributed by atoms with Crippen molar-refractivity contribution in [3.8, 4) is 0 Å². The third-order valence-corrected chi connectivity index (χ3v) is 4.83. The van der Waals surface area contributed by atoms with Crippen molar-refractivity contribution in [3.63, 3.8) is 0 Å². The van der Waals surface area contributed by atoms with Gasteiger partial charge in [0, 0.05) is 22.0 Å². The van der Waals surface area contributed by atoms with E-state index in [2.05, 4.69) is 41.9 Å².